The van der Waals surface area contributed by atoms with Crippen molar-refractivity contribution in [2.45, 2.75) is 11.8 Å². The van der Waals surface area contributed by atoms with Crippen LogP contribution in [0.25, 0.3) is 0 Å². The Labute approximate surface area is 101 Å². The molecular formula is C11H11BrFN3. The van der Waals surface area contributed by atoms with E-state index in [4.69, 9.17) is 0 Å². The Morgan fingerprint density at radius 3 is 2.38 bits per heavy atom. The van der Waals surface area contributed by atoms with E-state index in [0.717, 1.165) is 17.2 Å². The molecule has 0 radical (unpaired) electrons. The molecule has 16 heavy (non-hydrogen) atoms. The molecule has 1 aromatic carbocycles. The molecule has 0 saturated carbocycles. The molecule has 0 unspecified atom stereocenters. The third-order valence-corrected chi connectivity index (χ3v) is 2.95. The average molecular weight is 284 g/mol. The second-order valence-corrected chi connectivity index (χ2v) is 4.09. The van der Waals surface area contributed by atoms with Crippen molar-refractivity contribution >= 4 is 15.9 Å². The minimum absolute atomic E-state index is 0.220. The number of hydrogen-bond acceptors (Lipinski definition) is 2. The summed E-state index contributed by atoms with van der Waals surface area (Å²) in [6.45, 7) is 0. The van der Waals surface area contributed by atoms with Crippen LogP contribution in [0.1, 0.15) is 17.2 Å². The Hall–Kier alpha value is -1.23. The molecular weight excluding hydrogens is 273 g/mol. The van der Waals surface area contributed by atoms with Crippen molar-refractivity contribution in [2.24, 2.45) is 7.05 Å². The van der Waals surface area contributed by atoms with Gasteiger partial charge in [-0.1, -0.05) is 28.1 Å². The second-order valence-electron chi connectivity index (χ2n) is 3.53. The first-order valence-electron chi connectivity index (χ1n) is 4.88. The Bertz CT molecular complexity index is 478. The molecule has 3 nitrogen and oxygen atoms in total. The predicted molar refractivity (Wildman–Crippen MR) is 62.8 cm³/mol. The highest BCUT2D eigenvalue weighted by Gasteiger charge is 2.07. The number of benzene rings is 1. The van der Waals surface area contributed by atoms with Crippen LogP contribution in [-0.2, 0) is 18.8 Å². The molecule has 0 aliphatic carbocycles. The molecule has 0 spiro atoms. The zero-order chi connectivity index (χ0) is 11.5. The van der Waals surface area contributed by atoms with Gasteiger partial charge in [0.2, 0.25) is 0 Å². The van der Waals surface area contributed by atoms with Crippen molar-refractivity contribution in [3.05, 3.63) is 47.3 Å². The highest BCUT2D eigenvalue weighted by atomic mass is 79.9. The van der Waals surface area contributed by atoms with Gasteiger partial charge >= 0.3 is 0 Å². The summed E-state index contributed by atoms with van der Waals surface area (Å²) in [7, 11) is 1.93. The van der Waals surface area contributed by atoms with Crippen molar-refractivity contribution < 1.29 is 4.39 Å². The number of alkyl halides is 1. The minimum Gasteiger partial charge on any atom is -0.317 e. The van der Waals surface area contributed by atoms with E-state index < -0.39 is 0 Å². The van der Waals surface area contributed by atoms with Gasteiger partial charge in [-0.2, -0.15) is 0 Å². The van der Waals surface area contributed by atoms with Crippen LogP contribution >= 0.6 is 15.9 Å². The van der Waals surface area contributed by atoms with Crippen LogP contribution < -0.4 is 0 Å². The molecule has 2 aromatic rings. The molecule has 0 fully saturated rings. The van der Waals surface area contributed by atoms with Crippen LogP contribution in [0.3, 0.4) is 0 Å². The standard InChI is InChI=1S/C11H11BrFN3/c1-16-10(14-15-11(16)7-12)6-8-2-4-9(13)5-3-8/h2-5H,6-7H2,1H3. The molecule has 1 heterocycles. The van der Waals surface area contributed by atoms with Gasteiger partial charge in [0.25, 0.3) is 0 Å². The lowest BCUT2D eigenvalue weighted by molar-refractivity contribution is 0.627. The van der Waals surface area contributed by atoms with Gasteiger partial charge in [0, 0.05) is 13.5 Å². The van der Waals surface area contributed by atoms with Crippen molar-refractivity contribution in [3.63, 3.8) is 0 Å². The zero-order valence-electron chi connectivity index (χ0n) is 8.82. The van der Waals surface area contributed by atoms with Crippen LogP contribution in [0.15, 0.2) is 24.3 Å². The van der Waals surface area contributed by atoms with E-state index in [-0.39, 0.29) is 5.82 Å². The van der Waals surface area contributed by atoms with Crippen molar-refractivity contribution in [1.29, 1.82) is 0 Å². The summed E-state index contributed by atoms with van der Waals surface area (Å²) in [5.41, 5.74) is 1.03. The first-order chi connectivity index (χ1) is 7.70. The fourth-order valence-electron chi connectivity index (χ4n) is 1.45. The third kappa shape index (κ3) is 2.29. The normalized spacial score (nSPS) is 10.7. The van der Waals surface area contributed by atoms with Crippen LogP contribution in [-0.4, -0.2) is 14.8 Å². The summed E-state index contributed by atoms with van der Waals surface area (Å²) in [6, 6.07) is 6.43. The number of hydrogen-bond donors (Lipinski definition) is 0. The highest BCUT2D eigenvalue weighted by Crippen LogP contribution is 2.10. The van der Waals surface area contributed by atoms with E-state index in [2.05, 4.69) is 26.1 Å². The summed E-state index contributed by atoms with van der Waals surface area (Å²) < 4.78 is 14.7. The Kier molecular flexibility index (Phi) is 3.33. The second kappa shape index (κ2) is 4.74. The first-order valence-corrected chi connectivity index (χ1v) is 6.00. The maximum absolute atomic E-state index is 12.7. The van der Waals surface area contributed by atoms with Gasteiger partial charge in [-0.05, 0) is 17.7 Å². The smallest absolute Gasteiger partial charge is 0.143 e. The first kappa shape index (κ1) is 11.3. The van der Waals surface area contributed by atoms with Crippen LogP contribution in [0, 0.1) is 5.82 Å². The van der Waals surface area contributed by atoms with E-state index in [0.29, 0.717) is 11.8 Å². The Morgan fingerprint density at radius 2 is 1.81 bits per heavy atom. The number of halogens is 2. The zero-order valence-corrected chi connectivity index (χ0v) is 10.4. The topological polar surface area (TPSA) is 30.7 Å². The predicted octanol–water partition coefficient (Wildman–Crippen LogP) is 2.44. The van der Waals surface area contributed by atoms with Crippen molar-refractivity contribution in [2.75, 3.05) is 0 Å². The number of aromatic nitrogens is 3. The van der Waals surface area contributed by atoms with Gasteiger partial charge in [-0.3, -0.25) is 0 Å². The minimum atomic E-state index is -0.220. The van der Waals surface area contributed by atoms with Crippen molar-refractivity contribution in [1.82, 2.24) is 14.8 Å². The van der Waals surface area contributed by atoms with Gasteiger partial charge < -0.3 is 4.57 Å². The molecule has 0 amide bonds. The lowest BCUT2D eigenvalue weighted by atomic mass is 10.1. The molecule has 84 valence electrons. The van der Waals surface area contributed by atoms with Gasteiger partial charge in [-0.25, -0.2) is 4.39 Å². The summed E-state index contributed by atoms with van der Waals surface area (Å²) >= 11 is 3.34. The quantitative estimate of drug-likeness (QED) is 0.810. The number of nitrogens with zero attached hydrogens (tertiary/aromatic N) is 3. The van der Waals surface area contributed by atoms with Crippen molar-refractivity contribution in [3.8, 4) is 0 Å². The fourth-order valence-corrected chi connectivity index (χ4v) is 1.94. The maximum Gasteiger partial charge on any atom is 0.143 e. The van der Waals surface area contributed by atoms with E-state index in [1.807, 2.05) is 11.6 Å². The molecule has 0 saturated heterocycles. The van der Waals surface area contributed by atoms with Gasteiger partial charge in [-0.15, -0.1) is 10.2 Å². The molecule has 0 aliphatic rings. The molecule has 0 aliphatic heterocycles. The lowest BCUT2D eigenvalue weighted by Gasteiger charge is -2.02. The summed E-state index contributed by atoms with van der Waals surface area (Å²) in [4.78, 5) is 0. The van der Waals surface area contributed by atoms with E-state index in [1.54, 1.807) is 12.1 Å². The summed E-state index contributed by atoms with van der Waals surface area (Å²) in [5.74, 6) is 1.54. The third-order valence-electron chi connectivity index (χ3n) is 2.45. The highest BCUT2D eigenvalue weighted by molar-refractivity contribution is 9.08. The fraction of sp³-hybridized carbons (Fsp3) is 0.273. The SMILES string of the molecule is Cn1c(CBr)nnc1Cc1ccc(F)cc1. The van der Waals surface area contributed by atoms with Gasteiger partial charge in [0.1, 0.15) is 17.5 Å². The van der Waals surface area contributed by atoms with Crippen LogP contribution in [0.2, 0.25) is 0 Å². The molecule has 0 N–H and O–H groups in total. The van der Waals surface area contributed by atoms with Crippen LogP contribution in [0.5, 0.6) is 0 Å². The number of rotatable bonds is 3. The lowest BCUT2D eigenvalue weighted by Crippen LogP contribution is -2.01. The maximum atomic E-state index is 12.7. The monoisotopic (exact) mass is 283 g/mol. The van der Waals surface area contributed by atoms with Gasteiger partial charge in [0.15, 0.2) is 0 Å². The molecule has 1 aromatic heterocycles. The van der Waals surface area contributed by atoms with E-state index >= 15 is 0 Å². The Balaban J connectivity index is 2.20. The van der Waals surface area contributed by atoms with E-state index in [1.165, 1.54) is 12.1 Å². The Morgan fingerprint density at radius 1 is 1.19 bits per heavy atom. The summed E-state index contributed by atoms with van der Waals surface area (Å²) in [5, 5.41) is 8.81. The largest absolute Gasteiger partial charge is 0.317 e. The summed E-state index contributed by atoms with van der Waals surface area (Å²) in [6.07, 6.45) is 0.663. The molecule has 0 atom stereocenters. The molecule has 0 bridgehead atoms. The molecule has 2 rings (SSSR count). The average Bonchev–Trinajstić information content (AvgIpc) is 2.63. The molecule has 5 heteroatoms. The van der Waals surface area contributed by atoms with Crippen LogP contribution in [0.4, 0.5) is 4.39 Å². The van der Waals surface area contributed by atoms with E-state index in [9.17, 15) is 4.39 Å². The van der Waals surface area contributed by atoms with Gasteiger partial charge in [0.05, 0.1) is 5.33 Å².